The van der Waals surface area contributed by atoms with Gasteiger partial charge >= 0.3 is 0 Å². The van der Waals surface area contributed by atoms with E-state index in [1.54, 1.807) is 0 Å². The van der Waals surface area contributed by atoms with Gasteiger partial charge in [-0.15, -0.1) is 0 Å². The van der Waals surface area contributed by atoms with Gasteiger partial charge < -0.3 is 5.32 Å². The summed E-state index contributed by atoms with van der Waals surface area (Å²) in [6, 6.07) is 9.19. The number of halogens is 1. The molecule has 0 radical (unpaired) electrons. The fraction of sp³-hybridized carbons (Fsp3) is 0.667. The summed E-state index contributed by atoms with van der Waals surface area (Å²) in [5, 5.41) is 3.72. The largest absolute Gasteiger partial charge is 0.310 e. The zero-order chi connectivity index (χ0) is 15.3. The summed E-state index contributed by atoms with van der Waals surface area (Å²) in [4.78, 5) is 2.66. The van der Waals surface area contributed by atoms with Crippen LogP contribution in [-0.2, 0) is 0 Å². The van der Waals surface area contributed by atoms with E-state index in [9.17, 15) is 0 Å². The zero-order valence-electron chi connectivity index (χ0n) is 13.7. The van der Waals surface area contributed by atoms with Gasteiger partial charge in [-0.1, -0.05) is 35.0 Å². The van der Waals surface area contributed by atoms with Crippen LogP contribution in [0, 0.1) is 0 Å². The van der Waals surface area contributed by atoms with Crippen molar-refractivity contribution in [3.8, 4) is 0 Å². The summed E-state index contributed by atoms with van der Waals surface area (Å²) in [7, 11) is 0. The second-order valence-corrected chi connectivity index (χ2v) is 7.67. The quantitative estimate of drug-likeness (QED) is 0.761. The predicted molar refractivity (Wildman–Crippen MR) is 94.7 cm³/mol. The van der Waals surface area contributed by atoms with Crippen molar-refractivity contribution in [3.63, 3.8) is 0 Å². The van der Waals surface area contributed by atoms with Crippen LogP contribution < -0.4 is 5.32 Å². The molecule has 2 rings (SSSR count). The number of rotatable bonds is 7. The monoisotopic (exact) mass is 352 g/mol. The molecule has 21 heavy (non-hydrogen) atoms. The molecule has 1 fully saturated rings. The van der Waals surface area contributed by atoms with Crippen LogP contribution in [0.15, 0.2) is 28.7 Å². The first kappa shape index (κ1) is 17.0. The second-order valence-electron chi connectivity index (χ2n) is 6.75. The van der Waals surface area contributed by atoms with E-state index in [0.29, 0.717) is 11.6 Å². The molecule has 118 valence electrons. The van der Waals surface area contributed by atoms with Gasteiger partial charge in [0, 0.05) is 22.6 Å². The Morgan fingerprint density at radius 2 is 2.19 bits per heavy atom. The molecule has 0 aromatic heterocycles. The minimum atomic E-state index is 0.382. The summed E-state index contributed by atoms with van der Waals surface area (Å²) in [5.41, 5.74) is 1.78. The maximum Gasteiger partial charge on any atom is 0.0332 e. The average Bonchev–Trinajstić information content (AvgIpc) is 2.78. The van der Waals surface area contributed by atoms with Crippen LogP contribution in [0.25, 0.3) is 0 Å². The van der Waals surface area contributed by atoms with Gasteiger partial charge in [-0.3, -0.25) is 4.90 Å². The summed E-state index contributed by atoms with van der Waals surface area (Å²) in [6.45, 7) is 10.5. The van der Waals surface area contributed by atoms with Crippen molar-refractivity contribution in [2.24, 2.45) is 0 Å². The van der Waals surface area contributed by atoms with Crippen molar-refractivity contribution in [2.75, 3.05) is 19.6 Å². The molecule has 1 aromatic rings. The van der Waals surface area contributed by atoms with Crippen LogP contribution >= 0.6 is 15.9 Å². The van der Waals surface area contributed by atoms with Crippen LogP contribution in [0.2, 0.25) is 0 Å². The number of hydrogen-bond donors (Lipinski definition) is 1. The van der Waals surface area contributed by atoms with Crippen molar-refractivity contribution in [1.29, 1.82) is 0 Å². The Morgan fingerprint density at radius 3 is 2.81 bits per heavy atom. The minimum Gasteiger partial charge on any atom is -0.310 e. The number of nitrogens with zero attached hydrogens (tertiary/aromatic N) is 1. The third-order valence-electron chi connectivity index (χ3n) is 4.65. The first-order valence-corrected chi connectivity index (χ1v) is 9.06. The molecule has 1 N–H and O–H groups in total. The molecule has 1 atom stereocenters. The van der Waals surface area contributed by atoms with Crippen LogP contribution in [0.5, 0.6) is 0 Å². The van der Waals surface area contributed by atoms with Crippen LogP contribution in [0.3, 0.4) is 0 Å². The molecular formula is C18H29BrN2. The van der Waals surface area contributed by atoms with E-state index in [2.05, 4.69) is 71.2 Å². The highest BCUT2D eigenvalue weighted by Crippen LogP contribution is 2.30. The summed E-state index contributed by atoms with van der Waals surface area (Å²) >= 11 is 3.60. The zero-order valence-corrected chi connectivity index (χ0v) is 15.2. The maximum absolute atomic E-state index is 3.72. The standard InChI is InChI=1S/C18H29BrN2/c1-4-11-20-17(15-7-5-8-16(19)14-15)9-13-21-12-6-10-18(21,2)3/h5,7-8,14,17,20H,4,6,9-13H2,1-3H3. The summed E-state index contributed by atoms with van der Waals surface area (Å²) in [6.07, 6.45) is 5.04. The van der Waals surface area contributed by atoms with Gasteiger partial charge in [-0.05, 0) is 70.3 Å². The van der Waals surface area contributed by atoms with Gasteiger partial charge in [0.15, 0.2) is 0 Å². The third-order valence-corrected chi connectivity index (χ3v) is 5.15. The van der Waals surface area contributed by atoms with Crippen LogP contribution in [0.1, 0.15) is 58.1 Å². The van der Waals surface area contributed by atoms with E-state index in [-0.39, 0.29) is 0 Å². The molecule has 0 bridgehead atoms. The van der Waals surface area contributed by atoms with Gasteiger partial charge in [0.1, 0.15) is 0 Å². The lowest BCUT2D eigenvalue weighted by atomic mass is 10.00. The van der Waals surface area contributed by atoms with Gasteiger partial charge in [0.2, 0.25) is 0 Å². The lowest BCUT2D eigenvalue weighted by molar-refractivity contribution is 0.166. The number of benzene rings is 1. The molecule has 1 heterocycles. The van der Waals surface area contributed by atoms with Crippen LogP contribution in [-0.4, -0.2) is 30.1 Å². The van der Waals surface area contributed by atoms with Crippen molar-refractivity contribution < 1.29 is 0 Å². The molecule has 1 aliphatic rings. The number of nitrogens with one attached hydrogen (secondary N) is 1. The average molecular weight is 353 g/mol. The molecule has 1 unspecified atom stereocenters. The lowest BCUT2D eigenvalue weighted by Crippen LogP contribution is -2.40. The maximum atomic E-state index is 3.72. The lowest BCUT2D eigenvalue weighted by Gasteiger charge is -2.33. The van der Waals surface area contributed by atoms with E-state index in [4.69, 9.17) is 0 Å². The normalized spacial score (nSPS) is 19.8. The first-order chi connectivity index (χ1) is 10.0. The predicted octanol–water partition coefficient (Wildman–Crippen LogP) is 4.75. The Labute approximate surface area is 138 Å². The number of likely N-dealkylation sites (tertiary alicyclic amines) is 1. The van der Waals surface area contributed by atoms with E-state index >= 15 is 0 Å². The van der Waals surface area contributed by atoms with Gasteiger partial charge in [-0.2, -0.15) is 0 Å². The molecule has 1 aliphatic heterocycles. The fourth-order valence-corrected chi connectivity index (χ4v) is 3.71. The van der Waals surface area contributed by atoms with Crippen LogP contribution in [0.4, 0.5) is 0 Å². The summed E-state index contributed by atoms with van der Waals surface area (Å²) in [5.74, 6) is 0. The smallest absolute Gasteiger partial charge is 0.0332 e. The fourth-order valence-electron chi connectivity index (χ4n) is 3.29. The van der Waals surface area contributed by atoms with Crippen molar-refractivity contribution >= 4 is 15.9 Å². The number of hydrogen-bond acceptors (Lipinski definition) is 2. The van der Waals surface area contributed by atoms with E-state index in [1.165, 1.54) is 48.8 Å². The molecule has 0 saturated carbocycles. The molecule has 2 nitrogen and oxygen atoms in total. The Morgan fingerprint density at radius 1 is 1.38 bits per heavy atom. The molecule has 3 heteroatoms. The van der Waals surface area contributed by atoms with Gasteiger partial charge in [-0.25, -0.2) is 0 Å². The Bertz CT molecular complexity index is 445. The topological polar surface area (TPSA) is 15.3 Å². The molecule has 0 aliphatic carbocycles. The molecular weight excluding hydrogens is 324 g/mol. The van der Waals surface area contributed by atoms with Crippen molar-refractivity contribution in [2.45, 2.75) is 58.0 Å². The Balaban J connectivity index is 1.99. The van der Waals surface area contributed by atoms with Crippen molar-refractivity contribution in [1.82, 2.24) is 10.2 Å². The van der Waals surface area contributed by atoms with E-state index in [1.807, 2.05) is 0 Å². The third kappa shape index (κ3) is 4.80. The molecule has 1 aromatic carbocycles. The van der Waals surface area contributed by atoms with Gasteiger partial charge in [0.25, 0.3) is 0 Å². The highest BCUT2D eigenvalue weighted by atomic mass is 79.9. The molecule has 0 amide bonds. The summed E-state index contributed by atoms with van der Waals surface area (Å²) < 4.78 is 1.17. The first-order valence-electron chi connectivity index (χ1n) is 8.27. The van der Waals surface area contributed by atoms with Gasteiger partial charge in [0.05, 0.1) is 0 Å². The van der Waals surface area contributed by atoms with E-state index < -0.39 is 0 Å². The molecule has 0 spiro atoms. The minimum absolute atomic E-state index is 0.382. The second kappa shape index (κ2) is 7.75. The Kier molecular flexibility index (Phi) is 6.27. The molecule has 1 saturated heterocycles. The Hall–Kier alpha value is -0.380. The highest BCUT2D eigenvalue weighted by Gasteiger charge is 2.31. The van der Waals surface area contributed by atoms with E-state index in [0.717, 1.165) is 6.54 Å². The SMILES string of the molecule is CCCNC(CCN1CCCC1(C)C)c1cccc(Br)c1. The van der Waals surface area contributed by atoms with Crippen molar-refractivity contribution in [3.05, 3.63) is 34.3 Å². The highest BCUT2D eigenvalue weighted by molar-refractivity contribution is 9.10.